The molecule has 78 heavy (non-hydrogen) atoms. The van der Waals surface area contributed by atoms with Crippen molar-refractivity contribution in [2.75, 3.05) is 13.2 Å². The summed E-state index contributed by atoms with van der Waals surface area (Å²) in [6, 6.07) is 0. The predicted octanol–water partition coefficient (Wildman–Crippen LogP) is 21.5. The van der Waals surface area contributed by atoms with Crippen LogP contribution in [0, 0.1) is 0 Å². The molecule has 436 valence electrons. The molecule has 6 nitrogen and oxygen atoms in total. The second-order valence-corrected chi connectivity index (χ2v) is 19.9. The maximum atomic E-state index is 12.9. The fourth-order valence-electron chi connectivity index (χ4n) is 7.88. The van der Waals surface area contributed by atoms with Crippen LogP contribution in [0.5, 0.6) is 0 Å². The van der Waals surface area contributed by atoms with Crippen molar-refractivity contribution in [1.29, 1.82) is 0 Å². The van der Waals surface area contributed by atoms with Crippen molar-refractivity contribution in [1.82, 2.24) is 0 Å². The minimum Gasteiger partial charge on any atom is -0.462 e. The number of hydrogen-bond donors (Lipinski definition) is 0. The van der Waals surface area contributed by atoms with Gasteiger partial charge in [-0.2, -0.15) is 0 Å². The Morgan fingerprint density at radius 3 is 0.897 bits per heavy atom. The van der Waals surface area contributed by atoms with Crippen molar-refractivity contribution in [3.8, 4) is 0 Å². The van der Waals surface area contributed by atoms with Crippen LogP contribution in [-0.4, -0.2) is 37.2 Å². The molecule has 0 aliphatic rings. The summed E-state index contributed by atoms with van der Waals surface area (Å²) in [5.74, 6) is -1.09. The number of carbonyl (C=O) groups excluding carboxylic acids is 3. The van der Waals surface area contributed by atoms with Crippen LogP contribution in [-0.2, 0) is 28.6 Å². The summed E-state index contributed by atoms with van der Waals surface area (Å²) >= 11 is 0. The zero-order valence-corrected chi connectivity index (χ0v) is 49.9. The molecule has 0 saturated heterocycles. The molecule has 0 radical (unpaired) electrons. The van der Waals surface area contributed by atoms with Gasteiger partial charge in [-0.3, -0.25) is 14.4 Å². The lowest BCUT2D eigenvalue weighted by Crippen LogP contribution is -2.30. The SMILES string of the molecule is CC/C=C\C/C=C\C/C=C\C/C=C\C/C=C\C/C=C\C/C=C\CCCCCCCCCC(=O)OCC(COC(=O)C/C=C\C/C=C\C/C=C\C/C=C\C/C=C\CC)OC(=O)CCCCCCC/C=C\C/C=C\CCCCCC. The van der Waals surface area contributed by atoms with Gasteiger partial charge >= 0.3 is 17.9 Å². The Morgan fingerprint density at radius 1 is 0.282 bits per heavy atom. The third-order valence-electron chi connectivity index (χ3n) is 12.5. The quantitative estimate of drug-likeness (QED) is 0.0261. The Hall–Kier alpha value is -5.23. The number of ether oxygens (including phenoxy) is 3. The summed E-state index contributed by atoms with van der Waals surface area (Å²) in [7, 11) is 0. The number of unbranched alkanes of at least 4 members (excludes halogenated alkanes) is 16. The first kappa shape index (κ1) is 72.8. The minimum absolute atomic E-state index is 0.114. The second kappa shape index (κ2) is 64.3. The third-order valence-corrected chi connectivity index (χ3v) is 12.5. The Morgan fingerprint density at radius 2 is 0.551 bits per heavy atom. The lowest BCUT2D eigenvalue weighted by molar-refractivity contribution is -0.166. The van der Waals surface area contributed by atoms with E-state index < -0.39 is 12.1 Å². The molecule has 1 atom stereocenters. The molecule has 0 bridgehead atoms. The molecule has 0 aliphatic heterocycles. The van der Waals surface area contributed by atoms with Gasteiger partial charge < -0.3 is 14.2 Å². The van der Waals surface area contributed by atoms with Crippen LogP contribution >= 0.6 is 0 Å². The van der Waals surface area contributed by atoms with Crippen LogP contribution in [0.3, 0.4) is 0 Å². The van der Waals surface area contributed by atoms with E-state index in [1.165, 1.54) is 51.4 Å². The molecule has 0 aromatic rings. The monoisotopic (exact) mass is 1070 g/mol. The molecular formula is C72H112O6. The van der Waals surface area contributed by atoms with Crippen molar-refractivity contribution < 1.29 is 28.6 Å². The van der Waals surface area contributed by atoms with Gasteiger partial charge in [-0.25, -0.2) is 0 Å². The zero-order valence-electron chi connectivity index (χ0n) is 49.9. The molecule has 0 aromatic heterocycles. The highest BCUT2D eigenvalue weighted by molar-refractivity contribution is 5.72. The lowest BCUT2D eigenvalue weighted by atomic mass is 10.1. The molecule has 0 aliphatic carbocycles. The number of esters is 3. The van der Waals surface area contributed by atoms with Crippen LogP contribution in [0.4, 0.5) is 0 Å². The molecule has 1 unspecified atom stereocenters. The number of hydrogen-bond acceptors (Lipinski definition) is 6. The number of rotatable bonds is 54. The third kappa shape index (κ3) is 61.6. The fraction of sp³-hybridized carbons (Fsp3) is 0.569. The smallest absolute Gasteiger partial charge is 0.309 e. The molecule has 0 N–H and O–H groups in total. The fourth-order valence-corrected chi connectivity index (χ4v) is 7.88. The first-order chi connectivity index (χ1) is 38.5. The molecule has 6 heteroatoms. The summed E-state index contributed by atoms with van der Waals surface area (Å²) in [4.78, 5) is 38.2. The van der Waals surface area contributed by atoms with E-state index in [1.54, 1.807) is 6.08 Å². The van der Waals surface area contributed by atoms with E-state index in [0.717, 1.165) is 154 Å². The summed E-state index contributed by atoms with van der Waals surface area (Å²) in [6.07, 6.45) is 95.2. The maximum absolute atomic E-state index is 12.9. The first-order valence-corrected chi connectivity index (χ1v) is 31.1. The van der Waals surface area contributed by atoms with E-state index in [0.29, 0.717) is 6.42 Å². The van der Waals surface area contributed by atoms with Crippen LogP contribution in [0.25, 0.3) is 0 Å². The van der Waals surface area contributed by atoms with E-state index in [1.807, 2.05) is 6.08 Å². The molecule has 0 heterocycles. The Balaban J connectivity index is 4.46. The van der Waals surface area contributed by atoms with Gasteiger partial charge in [0.15, 0.2) is 6.10 Å². The predicted molar refractivity (Wildman–Crippen MR) is 338 cm³/mol. The van der Waals surface area contributed by atoms with Gasteiger partial charge in [-0.15, -0.1) is 0 Å². The maximum Gasteiger partial charge on any atom is 0.309 e. The molecule has 0 fully saturated rings. The molecule has 0 rings (SSSR count). The van der Waals surface area contributed by atoms with Crippen molar-refractivity contribution in [3.63, 3.8) is 0 Å². The van der Waals surface area contributed by atoms with Gasteiger partial charge in [0.2, 0.25) is 0 Å². The van der Waals surface area contributed by atoms with E-state index >= 15 is 0 Å². The van der Waals surface area contributed by atoms with Crippen molar-refractivity contribution in [3.05, 3.63) is 170 Å². The van der Waals surface area contributed by atoms with Crippen LogP contribution in [0.15, 0.2) is 170 Å². The normalized spacial score (nSPS) is 13.3. The topological polar surface area (TPSA) is 78.9 Å². The summed E-state index contributed by atoms with van der Waals surface area (Å²) < 4.78 is 16.8. The number of allylic oxidation sites excluding steroid dienone is 27. The number of carbonyl (C=O) groups is 3. The molecule has 0 spiro atoms. The van der Waals surface area contributed by atoms with E-state index in [9.17, 15) is 14.4 Å². The average molecular weight is 1070 g/mol. The van der Waals surface area contributed by atoms with Crippen molar-refractivity contribution >= 4 is 17.9 Å². The van der Waals surface area contributed by atoms with Gasteiger partial charge in [0, 0.05) is 12.8 Å². The average Bonchev–Trinajstić information content (AvgIpc) is 3.44. The summed E-state index contributed by atoms with van der Waals surface area (Å²) in [5.41, 5.74) is 0. The molecular weight excluding hydrogens is 961 g/mol. The highest BCUT2D eigenvalue weighted by atomic mass is 16.6. The summed E-state index contributed by atoms with van der Waals surface area (Å²) in [5, 5.41) is 0. The molecule has 0 saturated carbocycles. The minimum atomic E-state index is -0.840. The largest absolute Gasteiger partial charge is 0.462 e. The van der Waals surface area contributed by atoms with Crippen LogP contribution < -0.4 is 0 Å². The van der Waals surface area contributed by atoms with Crippen molar-refractivity contribution in [2.24, 2.45) is 0 Å². The lowest BCUT2D eigenvalue weighted by Gasteiger charge is -2.18. The van der Waals surface area contributed by atoms with Crippen LogP contribution in [0.1, 0.15) is 245 Å². The Kier molecular flexibility index (Phi) is 60.0. The van der Waals surface area contributed by atoms with Gasteiger partial charge in [0.1, 0.15) is 13.2 Å². The van der Waals surface area contributed by atoms with Gasteiger partial charge in [-0.05, 0) is 135 Å². The first-order valence-electron chi connectivity index (χ1n) is 31.1. The van der Waals surface area contributed by atoms with Gasteiger partial charge in [-0.1, -0.05) is 262 Å². The van der Waals surface area contributed by atoms with E-state index in [4.69, 9.17) is 14.2 Å². The Bertz CT molecular complexity index is 1810. The van der Waals surface area contributed by atoms with Gasteiger partial charge in [0.05, 0.1) is 6.42 Å². The molecule has 0 amide bonds. The van der Waals surface area contributed by atoms with Crippen molar-refractivity contribution in [2.45, 2.75) is 252 Å². The highest BCUT2D eigenvalue weighted by Crippen LogP contribution is 2.13. The standard InChI is InChI=1S/C72H112O6/c1-4-7-10-13-16-19-22-25-28-30-31-32-33-34-35-36-37-38-39-40-41-42-45-47-50-53-56-59-62-65-71(74)77-68-69(67-76-70(73)64-61-58-55-52-49-46-43-27-24-21-18-15-12-9-6-3)78-72(75)66-63-60-57-54-51-48-44-29-26-23-20-17-14-11-8-5-2/h7,9-10,12,16,18-21,23,25,27-29,31-32,34-35,37-38,40-41,43-44,49,52,58,61,69H,4-6,8,11,13-15,17,22,24,26,30,33,36,39,42,45-48,50-51,53-57,59-60,62-68H2,1-3H3/b10-7-,12-9-,19-16-,21-18-,23-20-,28-25-,32-31-,35-34-,38-37-,41-40-,43-27-,44-29-,52-49-,61-58-. The second-order valence-electron chi connectivity index (χ2n) is 19.9. The zero-order chi connectivity index (χ0) is 56.4. The van der Waals surface area contributed by atoms with Gasteiger partial charge in [0.25, 0.3) is 0 Å². The van der Waals surface area contributed by atoms with E-state index in [2.05, 4.69) is 179 Å². The molecule has 0 aromatic carbocycles. The Labute approximate surface area is 479 Å². The van der Waals surface area contributed by atoms with E-state index in [-0.39, 0.29) is 38.0 Å². The highest BCUT2D eigenvalue weighted by Gasteiger charge is 2.19. The van der Waals surface area contributed by atoms with Crippen LogP contribution in [0.2, 0.25) is 0 Å². The summed E-state index contributed by atoms with van der Waals surface area (Å²) in [6.45, 7) is 6.27.